The molecule has 1 aliphatic heterocycles. The van der Waals surface area contributed by atoms with Crippen LogP contribution in [0.4, 0.5) is 10.8 Å². The minimum absolute atomic E-state index is 0.353. The lowest BCUT2D eigenvalue weighted by atomic mass is 9.84. The molecule has 4 nitrogen and oxygen atoms in total. The minimum Gasteiger partial charge on any atom is -0.382 e. The Labute approximate surface area is 127 Å². The third kappa shape index (κ3) is 2.54. The lowest BCUT2D eigenvalue weighted by molar-refractivity contribution is 0.294. The zero-order chi connectivity index (χ0) is 14.3. The SMILES string of the molecule is Cc1nc(-c2c(N)nsc2N2CCCC(C)(C)C2)cs1. The molecule has 0 unspecified atom stereocenters. The van der Waals surface area contributed by atoms with Gasteiger partial charge in [0.2, 0.25) is 0 Å². The second-order valence-corrected chi connectivity index (χ2v) is 8.00. The number of anilines is 2. The molecule has 1 saturated heterocycles. The van der Waals surface area contributed by atoms with Crippen LogP contribution in [0.3, 0.4) is 0 Å². The first-order valence-corrected chi connectivity index (χ1v) is 8.54. The topological polar surface area (TPSA) is 55.0 Å². The number of thiazole rings is 1. The monoisotopic (exact) mass is 308 g/mol. The van der Waals surface area contributed by atoms with E-state index in [0.717, 1.165) is 29.4 Å². The van der Waals surface area contributed by atoms with E-state index in [1.54, 1.807) is 11.3 Å². The first-order valence-electron chi connectivity index (χ1n) is 6.89. The lowest BCUT2D eigenvalue weighted by Crippen LogP contribution is -2.39. The van der Waals surface area contributed by atoms with Crippen molar-refractivity contribution >= 4 is 33.7 Å². The zero-order valence-electron chi connectivity index (χ0n) is 12.1. The molecule has 0 atom stereocenters. The quantitative estimate of drug-likeness (QED) is 0.917. The fourth-order valence-electron chi connectivity index (χ4n) is 2.82. The van der Waals surface area contributed by atoms with Gasteiger partial charge in [-0.1, -0.05) is 13.8 Å². The van der Waals surface area contributed by atoms with Crippen molar-refractivity contribution in [2.24, 2.45) is 5.41 Å². The molecule has 0 spiro atoms. The molecule has 0 radical (unpaired) electrons. The van der Waals surface area contributed by atoms with Crippen LogP contribution in [0.2, 0.25) is 0 Å². The first-order chi connectivity index (χ1) is 9.46. The summed E-state index contributed by atoms with van der Waals surface area (Å²) in [6, 6.07) is 0. The first kappa shape index (κ1) is 13.8. The van der Waals surface area contributed by atoms with E-state index >= 15 is 0 Å². The summed E-state index contributed by atoms with van der Waals surface area (Å²) in [6.07, 6.45) is 2.50. The highest BCUT2D eigenvalue weighted by molar-refractivity contribution is 7.11. The molecule has 3 rings (SSSR count). The van der Waals surface area contributed by atoms with E-state index in [0.29, 0.717) is 11.2 Å². The number of rotatable bonds is 2. The van der Waals surface area contributed by atoms with Crippen molar-refractivity contribution in [1.29, 1.82) is 0 Å². The van der Waals surface area contributed by atoms with Gasteiger partial charge in [0.25, 0.3) is 0 Å². The number of aromatic nitrogens is 2. The number of nitrogens with two attached hydrogens (primary N) is 1. The molecular weight excluding hydrogens is 288 g/mol. The van der Waals surface area contributed by atoms with Gasteiger partial charge in [-0.25, -0.2) is 4.98 Å². The number of hydrogen-bond acceptors (Lipinski definition) is 6. The van der Waals surface area contributed by atoms with Crippen LogP contribution in [0.25, 0.3) is 11.3 Å². The molecule has 0 amide bonds. The normalized spacial score (nSPS) is 18.4. The predicted octanol–water partition coefficient (Wildman–Crippen LogP) is 3.78. The summed E-state index contributed by atoms with van der Waals surface area (Å²) in [6.45, 7) is 8.83. The van der Waals surface area contributed by atoms with Crippen molar-refractivity contribution in [1.82, 2.24) is 9.36 Å². The maximum atomic E-state index is 6.09. The summed E-state index contributed by atoms with van der Waals surface area (Å²) in [4.78, 5) is 7.02. The van der Waals surface area contributed by atoms with Gasteiger partial charge >= 0.3 is 0 Å². The third-order valence-electron chi connectivity index (χ3n) is 3.76. The van der Waals surface area contributed by atoms with Crippen LogP contribution in [-0.4, -0.2) is 22.4 Å². The van der Waals surface area contributed by atoms with E-state index in [1.165, 1.54) is 29.4 Å². The van der Waals surface area contributed by atoms with Gasteiger partial charge in [0, 0.05) is 18.5 Å². The van der Waals surface area contributed by atoms with E-state index in [4.69, 9.17) is 5.73 Å². The predicted molar refractivity (Wildman–Crippen MR) is 87.6 cm³/mol. The molecule has 0 saturated carbocycles. The average Bonchev–Trinajstić information content (AvgIpc) is 2.94. The molecule has 1 fully saturated rings. The zero-order valence-corrected chi connectivity index (χ0v) is 13.8. The van der Waals surface area contributed by atoms with Crippen molar-refractivity contribution in [3.05, 3.63) is 10.4 Å². The summed E-state index contributed by atoms with van der Waals surface area (Å²) in [5.74, 6) is 0.610. The Bertz CT molecular complexity index is 614. The van der Waals surface area contributed by atoms with Crippen molar-refractivity contribution in [3.63, 3.8) is 0 Å². The molecule has 0 bridgehead atoms. The standard InChI is InChI=1S/C14H20N4S2/c1-9-16-10(7-19-9)11-12(15)17-20-13(11)18-6-4-5-14(2,3)8-18/h7H,4-6,8H2,1-3H3,(H2,15,17). The Kier molecular flexibility index (Phi) is 3.46. The maximum Gasteiger partial charge on any atom is 0.148 e. The molecule has 2 aromatic rings. The van der Waals surface area contributed by atoms with Gasteiger partial charge in [0.15, 0.2) is 0 Å². The maximum absolute atomic E-state index is 6.09. The number of nitrogens with zero attached hydrogens (tertiary/aromatic N) is 3. The van der Waals surface area contributed by atoms with Crippen molar-refractivity contribution in [2.45, 2.75) is 33.6 Å². The number of nitrogen functional groups attached to an aromatic ring is 1. The lowest BCUT2D eigenvalue weighted by Gasteiger charge is -2.38. The van der Waals surface area contributed by atoms with Crippen molar-refractivity contribution in [3.8, 4) is 11.3 Å². The fourth-order valence-corrected chi connectivity index (χ4v) is 4.28. The summed E-state index contributed by atoms with van der Waals surface area (Å²) in [5, 5.41) is 4.32. The fraction of sp³-hybridized carbons (Fsp3) is 0.571. The second kappa shape index (κ2) is 5.00. The van der Waals surface area contributed by atoms with Crippen LogP contribution >= 0.6 is 22.9 Å². The summed E-state index contributed by atoms with van der Waals surface area (Å²) in [5.41, 5.74) is 8.44. The van der Waals surface area contributed by atoms with Crippen LogP contribution in [0.1, 0.15) is 31.7 Å². The summed E-state index contributed by atoms with van der Waals surface area (Å²) in [7, 11) is 0. The Morgan fingerprint density at radius 3 is 2.85 bits per heavy atom. The third-order valence-corrected chi connectivity index (χ3v) is 5.46. The smallest absolute Gasteiger partial charge is 0.148 e. The van der Waals surface area contributed by atoms with Gasteiger partial charge in [0.05, 0.1) is 16.3 Å². The molecule has 1 aliphatic rings. The molecule has 108 valence electrons. The molecular formula is C14H20N4S2. The Hall–Kier alpha value is -1.14. The average molecular weight is 308 g/mol. The minimum atomic E-state index is 0.353. The molecule has 2 N–H and O–H groups in total. The van der Waals surface area contributed by atoms with Gasteiger partial charge in [-0.15, -0.1) is 11.3 Å². The van der Waals surface area contributed by atoms with E-state index < -0.39 is 0 Å². The summed E-state index contributed by atoms with van der Waals surface area (Å²) < 4.78 is 4.37. The highest BCUT2D eigenvalue weighted by atomic mass is 32.1. The van der Waals surface area contributed by atoms with Gasteiger partial charge < -0.3 is 10.6 Å². The highest BCUT2D eigenvalue weighted by Gasteiger charge is 2.30. The van der Waals surface area contributed by atoms with Crippen LogP contribution in [-0.2, 0) is 0 Å². The highest BCUT2D eigenvalue weighted by Crippen LogP contribution is 2.42. The van der Waals surface area contributed by atoms with Gasteiger partial charge in [-0.3, -0.25) is 0 Å². The van der Waals surface area contributed by atoms with Crippen molar-refractivity contribution in [2.75, 3.05) is 23.7 Å². The Morgan fingerprint density at radius 1 is 1.40 bits per heavy atom. The number of piperidine rings is 1. The number of hydrogen-bond donors (Lipinski definition) is 1. The van der Waals surface area contributed by atoms with Gasteiger partial charge in [0.1, 0.15) is 10.8 Å². The molecule has 20 heavy (non-hydrogen) atoms. The Morgan fingerprint density at radius 2 is 2.20 bits per heavy atom. The molecule has 0 aromatic carbocycles. The largest absolute Gasteiger partial charge is 0.382 e. The second-order valence-electron chi connectivity index (χ2n) is 6.19. The van der Waals surface area contributed by atoms with Crippen LogP contribution in [0.15, 0.2) is 5.38 Å². The van der Waals surface area contributed by atoms with Crippen molar-refractivity contribution < 1.29 is 0 Å². The van der Waals surface area contributed by atoms with E-state index in [2.05, 4.69) is 33.5 Å². The molecule has 3 heterocycles. The van der Waals surface area contributed by atoms with E-state index in [-0.39, 0.29) is 0 Å². The molecule has 2 aromatic heterocycles. The number of aryl methyl sites for hydroxylation is 1. The van der Waals surface area contributed by atoms with Gasteiger partial charge in [-0.05, 0) is 36.7 Å². The van der Waals surface area contributed by atoms with E-state index in [9.17, 15) is 0 Å². The van der Waals surface area contributed by atoms with Crippen LogP contribution in [0, 0.1) is 12.3 Å². The molecule has 6 heteroatoms. The van der Waals surface area contributed by atoms with Gasteiger partial charge in [-0.2, -0.15) is 4.37 Å². The van der Waals surface area contributed by atoms with Crippen LogP contribution in [0.5, 0.6) is 0 Å². The van der Waals surface area contributed by atoms with E-state index in [1.807, 2.05) is 6.92 Å². The Balaban J connectivity index is 1.98. The van der Waals surface area contributed by atoms with Crippen LogP contribution < -0.4 is 10.6 Å². The summed E-state index contributed by atoms with van der Waals surface area (Å²) >= 11 is 3.16. The molecule has 0 aliphatic carbocycles.